The van der Waals surface area contributed by atoms with Crippen LogP contribution >= 0.6 is 27.3 Å². The minimum atomic E-state index is 0.0714. The quantitative estimate of drug-likeness (QED) is 0.415. The average Bonchev–Trinajstić information content (AvgIpc) is 3.08. The van der Waals surface area contributed by atoms with E-state index in [0.717, 1.165) is 31.7 Å². The van der Waals surface area contributed by atoms with Gasteiger partial charge in [-0.05, 0) is 42.8 Å². The third-order valence-electron chi connectivity index (χ3n) is 3.83. The molecule has 0 aliphatic rings. The van der Waals surface area contributed by atoms with Gasteiger partial charge in [-0.2, -0.15) is 5.10 Å². The van der Waals surface area contributed by atoms with Crippen molar-refractivity contribution in [2.75, 3.05) is 13.7 Å². The van der Waals surface area contributed by atoms with Crippen molar-refractivity contribution in [2.45, 2.75) is 6.92 Å². The van der Waals surface area contributed by atoms with E-state index in [1.807, 2.05) is 42.6 Å². The summed E-state index contributed by atoms with van der Waals surface area (Å²) in [6.07, 6.45) is 1.69. The Balaban J connectivity index is 2.04. The number of hydrogen-bond donors (Lipinski definition) is 1. The lowest BCUT2D eigenvalue weighted by atomic mass is 10.2. The molecular formula is C21H20BrN3O2S. The lowest BCUT2D eigenvalue weighted by Gasteiger charge is -2.05. The summed E-state index contributed by atoms with van der Waals surface area (Å²) < 4.78 is 7.91. The maximum atomic E-state index is 9.98. The molecule has 3 aromatic rings. The maximum Gasteiger partial charge on any atom is 0.206 e. The Bertz CT molecular complexity index is 1080. The second kappa shape index (κ2) is 9.03. The molecule has 0 spiro atoms. The van der Waals surface area contributed by atoms with Gasteiger partial charge in [0, 0.05) is 15.4 Å². The van der Waals surface area contributed by atoms with Crippen LogP contribution in [0.2, 0.25) is 0 Å². The number of thiazole rings is 1. The van der Waals surface area contributed by atoms with E-state index in [9.17, 15) is 5.11 Å². The fourth-order valence-electron chi connectivity index (χ4n) is 2.45. The van der Waals surface area contributed by atoms with Gasteiger partial charge in [0.05, 0.1) is 25.6 Å². The van der Waals surface area contributed by atoms with Crippen LogP contribution in [0.15, 0.2) is 74.6 Å². The molecule has 144 valence electrons. The highest BCUT2D eigenvalue weighted by Gasteiger charge is 2.08. The molecule has 0 amide bonds. The summed E-state index contributed by atoms with van der Waals surface area (Å²) in [7, 11) is 1.52. The van der Waals surface area contributed by atoms with Gasteiger partial charge in [-0.15, -0.1) is 11.3 Å². The molecule has 0 atom stereocenters. The molecular weight excluding hydrogens is 438 g/mol. The monoisotopic (exact) mass is 457 g/mol. The number of rotatable bonds is 6. The van der Waals surface area contributed by atoms with Gasteiger partial charge < -0.3 is 9.84 Å². The SMILES string of the molecule is C=C(C)CN=c1scc(-c2ccc(Br)cc2)n1N=Cc1ccc(OC)c(O)c1. The molecule has 5 nitrogen and oxygen atoms in total. The van der Waals surface area contributed by atoms with Crippen LogP contribution in [0.4, 0.5) is 0 Å². The first-order valence-corrected chi connectivity index (χ1v) is 10.2. The zero-order valence-electron chi connectivity index (χ0n) is 15.6. The normalized spacial score (nSPS) is 11.9. The predicted octanol–water partition coefficient (Wildman–Crippen LogP) is 5.05. The number of ether oxygens (including phenoxy) is 1. The molecule has 7 heteroatoms. The summed E-state index contributed by atoms with van der Waals surface area (Å²) >= 11 is 4.99. The van der Waals surface area contributed by atoms with Crippen molar-refractivity contribution in [1.29, 1.82) is 0 Å². The fourth-order valence-corrected chi connectivity index (χ4v) is 3.55. The number of halogens is 1. The first-order valence-electron chi connectivity index (χ1n) is 8.50. The highest BCUT2D eigenvalue weighted by Crippen LogP contribution is 2.26. The van der Waals surface area contributed by atoms with Crippen molar-refractivity contribution in [3.05, 3.63) is 74.8 Å². The Kier molecular flexibility index (Phi) is 6.49. The van der Waals surface area contributed by atoms with Crippen LogP contribution in [0.1, 0.15) is 12.5 Å². The molecule has 1 aromatic heterocycles. The van der Waals surface area contributed by atoms with Gasteiger partial charge in [0.15, 0.2) is 11.5 Å². The minimum absolute atomic E-state index is 0.0714. The Morgan fingerprint density at radius 2 is 2.04 bits per heavy atom. The molecule has 1 heterocycles. The van der Waals surface area contributed by atoms with Crippen molar-refractivity contribution in [3.63, 3.8) is 0 Å². The molecule has 0 bridgehead atoms. The smallest absolute Gasteiger partial charge is 0.206 e. The van der Waals surface area contributed by atoms with E-state index in [0.29, 0.717) is 12.3 Å². The summed E-state index contributed by atoms with van der Waals surface area (Å²) in [6.45, 7) is 6.40. The summed E-state index contributed by atoms with van der Waals surface area (Å²) in [6, 6.07) is 13.2. The summed E-state index contributed by atoms with van der Waals surface area (Å²) in [5.41, 5.74) is 3.71. The van der Waals surface area contributed by atoms with E-state index in [2.05, 4.69) is 32.6 Å². The lowest BCUT2D eigenvalue weighted by Crippen LogP contribution is -2.13. The van der Waals surface area contributed by atoms with E-state index in [1.165, 1.54) is 18.4 Å². The number of benzene rings is 2. The second-order valence-corrected chi connectivity index (χ2v) is 7.92. The average molecular weight is 458 g/mol. The van der Waals surface area contributed by atoms with E-state index in [4.69, 9.17) is 4.74 Å². The van der Waals surface area contributed by atoms with Crippen LogP contribution in [0.25, 0.3) is 11.3 Å². The van der Waals surface area contributed by atoms with Crippen LogP contribution in [0.5, 0.6) is 11.5 Å². The Labute approximate surface area is 176 Å². The first-order chi connectivity index (χ1) is 13.5. The zero-order valence-corrected chi connectivity index (χ0v) is 18.0. The van der Waals surface area contributed by atoms with Crippen LogP contribution in [0.3, 0.4) is 0 Å². The van der Waals surface area contributed by atoms with Crippen LogP contribution < -0.4 is 9.54 Å². The molecule has 0 saturated carbocycles. The second-order valence-electron chi connectivity index (χ2n) is 6.17. The van der Waals surface area contributed by atoms with Gasteiger partial charge in [-0.25, -0.2) is 4.68 Å². The number of methoxy groups -OCH3 is 1. The molecule has 0 unspecified atom stereocenters. The molecule has 0 saturated heterocycles. The largest absolute Gasteiger partial charge is 0.504 e. The lowest BCUT2D eigenvalue weighted by molar-refractivity contribution is 0.373. The summed E-state index contributed by atoms with van der Waals surface area (Å²) in [5.74, 6) is 0.495. The zero-order chi connectivity index (χ0) is 20.1. The number of hydrogen-bond acceptors (Lipinski definition) is 5. The van der Waals surface area contributed by atoms with Gasteiger partial charge in [0.25, 0.3) is 0 Å². The fraction of sp³-hybridized carbons (Fsp3) is 0.143. The number of aromatic nitrogens is 1. The van der Waals surface area contributed by atoms with Crippen molar-refractivity contribution < 1.29 is 9.84 Å². The number of phenolic OH excluding ortho intramolecular Hbond substituents is 1. The van der Waals surface area contributed by atoms with Crippen molar-refractivity contribution >= 4 is 33.5 Å². The van der Waals surface area contributed by atoms with Crippen molar-refractivity contribution in [1.82, 2.24) is 4.68 Å². The van der Waals surface area contributed by atoms with Gasteiger partial charge in [-0.1, -0.05) is 40.2 Å². The number of nitrogens with zero attached hydrogens (tertiary/aromatic N) is 3. The maximum absolute atomic E-state index is 9.98. The van der Waals surface area contributed by atoms with Crippen molar-refractivity contribution in [3.8, 4) is 22.8 Å². The Morgan fingerprint density at radius 3 is 2.68 bits per heavy atom. The van der Waals surface area contributed by atoms with E-state index < -0.39 is 0 Å². The van der Waals surface area contributed by atoms with Crippen molar-refractivity contribution in [2.24, 2.45) is 10.1 Å². The van der Waals surface area contributed by atoms with E-state index >= 15 is 0 Å². The van der Waals surface area contributed by atoms with E-state index in [-0.39, 0.29) is 5.75 Å². The summed E-state index contributed by atoms with van der Waals surface area (Å²) in [5, 5.41) is 16.6. The highest BCUT2D eigenvalue weighted by atomic mass is 79.9. The Hall–Kier alpha value is -2.64. The molecule has 0 radical (unpaired) electrons. The molecule has 2 aromatic carbocycles. The molecule has 0 aliphatic carbocycles. The van der Waals surface area contributed by atoms with Gasteiger partial charge in [0.1, 0.15) is 0 Å². The molecule has 28 heavy (non-hydrogen) atoms. The number of phenols is 1. The third kappa shape index (κ3) is 4.79. The molecule has 0 aliphatic heterocycles. The minimum Gasteiger partial charge on any atom is -0.504 e. The topological polar surface area (TPSA) is 59.1 Å². The van der Waals surface area contributed by atoms with Crippen LogP contribution in [-0.2, 0) is 0 Å². The molecule has 1 N–H and O–H groups in total. The highest BCUT2D eigenvalue weighted by molar-refractivity contribution is 9.10. The summed E-state index contributed by atoms with van der Waals surface area (Å²) in [4.78, 5) is 5.39. The van der Waals surface area contributed by atoms with Crippen LogP contribution in [-0.4, -0.2) is 29.7 Å². The third-order valence-corrected chi connectivity index (χ3v) is 5.22. The standard InChI is InChI=1S/C21H20BrN3O2S/c1-14(2)11-23-21-25(18(13-28-21)16-5-7-17(22)8-6-16)24-12-15-4-9-20(27-3)19(26)10-15/h4-10,12-13,26H,1,11H2,2-3H3. The predicted molar refractivity (Wildman–Crippen MR) is 118 cm³/mol. The molecule has 3 rings (SSSR count). The van der Waals surface area contributed by atoms with E-state index in [1.54, 1.807) is 23.0 Å². The van der Waals surface area contributed by atoms with Gasteiger partial charge in [-0.3, -0.25) is 4.99 Å². The van der Waals surface area contributed by atoms with Crippen LogP contribution in [0, 0.1) is 0 Å². The van der Waals surface area contributed by atoms with Gasteiger partial charge in [0.2, 0.25) is 4.80 Å². The molecule has 0 fully saturated rings. The van der Waals surface area contributed by atoms with Gasteiger partial charge >= 0.3 is 0 Å². The first kappa shape index (κ1) is 20.1. The Morgan fingerprint density at radius 1 is 1.29 bits per heavy atom. The number of aromatic hydroxyl groups is 1.